The van der Waals surface area contributed by atoms with Gasteiger partial charge in [0.1, 0.15) is 0 Å². The smallest absolute Gasteiger partial charge is 0.253 e. The molecule has 0 N–H and O–H groups in total. The molecule has 1 amide bonds. The maximum absolute atomic E-state index is 12.5. The molecule has 5 heteroatoms. The van der Waals surface area contributed by atoms with Crippen molar-refractivity contribution in [2.75, 3.05) is 25.4 Å². The third-order valence-corrected chi connectivity index (χ3v) is 6.50. The predicted octanol–water partition coefficient (Wildman–Crippen LogP) is 2.68. The van der Waals surface area contributed by atoms with Crippen LogP contribution in [-0.4, -0.2) is 47.1 Å². The summed E-state index contributed by atoms with van der Waals surface area (Å²) in [6.45, 7) is 2.53. The van der Waals surface area contributed by atoms with Crippen LogP contribution in [0, 0.1) is 17.2 Å². The Hall–Kier alpha value is -1.51. The molecule has 1 atom stereocenters. The van der Waals surface area contributed by atoms with Crippen LogP contribution in [0.25, 0.3) is 0 Å². The molecular formula is C18H20N2O2S. The summed E-state index contributed by atoms with van der Waals surface area (Å²) in [5.74, 6) is 1.90. The van der Waals surface area contributed by atoms with Crippen LogP contribution in [-0.2, 0) is 4.74 Å². The van der Waals surface area contributed by atoms with Gasteiger partial charge in [-0.25, -0.2) is 0 Å². The molecule has 0 radical (unpaired) electrons. The van der Waals surface area contributed by atoms with Gasteiger partial charge in [0.2, 0.25) is 0 Å². The number of nitriles is 1. The van der Waals surface area contributed by atoms with Crippen molar-refractivity contribution < 1.29 is 9.53 Å². The number of hydrogen-bond acceptors (Lipinski definition) is 4. The topological polar surface area (TPSA) is 53.3 Å². The van der Waals surface area contributed by atoms with Crippen LogP contribution in [0.2, 0.25) is 0 Å². The second kappa shape index (κ2) is 5.85. The first kappa shape index (κ1) is 15.0. The highest BCUT2D eigenvalue weighted by atomic mass is 32.2. The molecule has 1 saturated carbocycles. The number of benzene rings is 1. The number of carbonyl (C=O) groups is 1. The molecule has 1 aliphatic carbocycles. The van der Waals surface area contributed by atoms with Crippen LogP contribution >= 0.6 is 11.8 Å². The molecule has 4 rings (SSSR count). The normalized spacial score (nSPS) is 25.2. The van der Waals surface area contributed by atoms with Gasteiger partial charge in [0.15, 0.2) is 0 Å². The number of hydrogen-bond donors (Lipinski definition) is 0. The fourth-order valence-electron chi connectivity index (χ4n) is 3.38. The van der Waals surface area contributed by atoms with Crippen LogP contribution in [0.3, 0.4) is 0 Å². The van der Waals surface area contributed by atoms with Crippen molar-refractivity contribution in [1.82, 2.24) is 4.90 Å². The zero-order valence-electron chi connectivity index (χ0n) is 13.0. The first-order valence-corrected chi connectivity index (χ1v) is 9.21. The van der Waals surface area contributed by atoms with E-state index in [-0.39, 0.29) is 10.7 Å². The number of carbonyl (C=O) groups excluding carboxylic acids is 1. The van der Waals surface area contributed by atoms with Crippen molar-refractivity contribution in [2.45, 2.75) is 30.1 Å². The van der Waals surface area contributed by atoms with Gasteiger partial charge in [0.05, 0.1) is 22.5 Å². The van der Waals surface area contributed by atoms with E-state index in [4.69, 9.17) is 10.00 Å². The minimum absolute atomic E-state index is 0.0377. The maximum Gasteiger partial charge on any atom is 0.253 e. The quantitative estimate of drug-likeness (QED) is 0.853. The third kappa shape index (κ3) is 3.11. The Balaban J connectivity index is 1.32. The average Bonchev–Trinajstić information content (AvgIpc) is 3.28. The standard InChI is InChI=1S/C18H20N2O2S/c19-8-14-2-1-3-15(6-14)17(21)20-11-18(12-20)7-16(10-23-18)22-9-13-4-5-13/h1-3,6,13,16H,4-5,7,9-12H2/t16-/m1/s1. The van der Waals surface area contributed by atoms with Gasteiger partial charge in [-0.1, -0.05) is 6.07 Å². The molecule has 4 nitrogen and oxygen atoms in total. The first-order valence-electron chi connectivity index (χ1n) is 8.22. The second-order valence-electron chi connectivity index (χ2n) is 6.95. The van der Waals surface area contributed by atoms with Crippen LogP contribution in [0.4, 0.5) is 0 Å². The van der Waals surface area contributed by atoms with Crippen molar-refractivity contribution in [2.24, 2.45) is 5.92 Å². The Labute approximate surface area is 140 Å². The van der Waals surface area contributed by atoms with Gasteiger partial charge in [-0.2, -0.15) is 5.26 Å². The van der Waals surface area contributed by atoms with E-state index in [0.717, 1.165) is 37.8 Å². The molecule has 3 fully saturated rings. The molecule has 2 heterocycles. The van der Waals surface area contributed by atoms with E-state index < -0.39 is 0 Å². The minimum Gasteiger partial charge on any atom is -0.377 e. The summed E-state index contributed by atoms with van der Waals surface area (Å²) in [6.07, 6.45) is 4.08. The lowest BCUT2D eigenvalue weighted by Gasteiger charge is -2.47. The van der Waals surface area contributed by atoms with Crippen molar-refractivity contribution in [1.29, 1.82) is 5.26 Å². The van der Waals surface area contributed by atoms with Crippen LogP contribution < -0.4 is 0 Å². The lowest BCUT2D eigenvalue weighted by atomic mass is 9.92. The average molecular weight is 328 g/mol. The highest BCUT2D eigenvalue weighted by Gasteiger charge is 2.51. The minimum atomic E-state index is 0.0377. The van der Waals surface area contributed by atoms with E-state index in [0.29, 0.717) is 17.2 Å². The second-order valence-corrected chi connectivity index (χ2v) is 8.44. The monoisotopic (exact) mass is 328 g/mol. The molecule has 120 valence electrons. The summed E-state index contributed by atoms with van der Waals surface area (Å²) in [6, 6.07) is 9.05. The summed E-state index contributed by atoms with van der Waals surface area (Å²) in [7, 11) is 0. The van der Waals surface area contributed by atoms with E-state index in [2.05, 4.69) is 6.07 Å². The Kier molecular flexibility index (Phi) is 3.82. The van der Waals surface area contributed by atoms with E-state index >= 15 is 0 Å². The number of ether oxygens (including phenoxy) is 1. The molecule has 0 bridgehead atoms. The lowest BCUT2D eigenvalue weighted by Crippen LogP contribution is -2.60. The highest BCUT2D eigenvalue weighted by molar-refractivity contribution is 8.01. The Morgan fingerprint density at radius 3 is 3.00 bits per heavy atom. The van der Waals surface area contributed by atoms with Gasteiger partial charge in [-0.15, -0.1) is 11.8 Å². The van der Waals surface area contributed by atoms with Gasteiger partial charge >= 0.3 is 0 Å². The number of likely N-dealkylation sites (tertiary alicyclic amines) is 1. The van der Waals surface area contributed by atoms with E-state index in [1.165, 1.54) is 12.8 Å². The zero-order valence-corrected chi connectivity index (χ0v) is 13.8. The molecular weight excluding hydrogens is 308 g/mol. The summed E-state index contributed by atoms with van der Waals surface area (Å²) >= 11 is 1.96. The summed E-state index contributed by atoms with van der Waals surface area (Å²) in [4.78, 5) is 14.4. The summed E-state index contributed by atoms with van der Waals surface area (Å²) < 4.78 is 6.21. The Morgan fingerprint density at radius 1 is 1.43 bits per heavy atom. The van der Waals surface area contributed by atoms with Crippen LogP contribution in [0.5, 0.6) is 0 Å². The first-order chi connectivity index (χ1) is 11.2. The van der Waals surface area contributed by atoms with Gasteiger partial charge in [0.25, 0.3) is 5.91 Å². The number of nitrogens with zero attached hydrogens (tertiary/aromatic N) is 2. The largest absolute Gasteiger partial charge is 0.377 e. The highest BCUT2D eigenvalue weighted by Crippen LogP contribution is 2.46. The molecule has 2 saturated heterocycles. The third-order valence-electron chi connectivity index (χ3n) is 4.92. The SMILES string of the molecule is N#Cc1cccc(C(=O)N2CC3(C[C@@H](OCC4CC4)CS3)C2)c1. The Bertz CT molecular complexity index is 659. The number of thioether (sulfide) groups is 1. The summed E-state index contributed by atoms with van der Waals surface area (Å²) in [5.41, 5.74) is 1.15. The van der Waals surface area contributed by atoms with Gasteiger partial charge in [-0.3, -0.25) is 4.79 Å². The van der Waals surface area contributed by atoms with Gasteiger partial charge in [0, 0.05) is 31.0 Å². The molecule has 1 aromatic rings. The van der Waals surface area contributed by atoms with Crippen molar-refractivity contribution in [3.05, 3.63) is 35.4 Å². The predicted molar refractivity (Wildman–Crippen MR) is 89.3 cm³/mol. The summed E-state index contributed by atoms with van der Waals surface area (Å²) in [5, 5.41) is 8.95. The zero-order chi connectivity index (χ0) is 15.9. The molecule has 2 aliphatic heterocycles. The number of rotatable bonds is 4. The molecule has 0 unspecified atom stereocenters. The molecule has 1 spiro atoms. The number of amides is 1. The maximum atomic E-state index is 12.5. The Morgan fingerprint density at radius 2 is 2.26 bits per heavy atom. The van der Waals surface area contributed by atoms with Crippen LogP contribution in [0.15, 0.2) is 24.3 Å². The van der Waals surface area contributed by atoms with Crippen molar-refractivity contribution in [3.63, 3.8) is 0 Å². The van der Waals surface area contributed by atoms with Crippen LogP contribution in [0.1, 0.15) is 35.2 Å². The van der Waals surface area contributed by atoms with Gasteiger partial charge in [-0.05, 0) is 43.4 Å². The van der Waals surface area contributed by atoms with Gasteiger partial charge < -0.3 is 9.64 Å². The molecule has 23 heavy (non-hydrogen) atoms. The van der Waals surface area contributed by atoms with Crippen molar-refractivity contribution >= 4 is 17.7 Å². The van der Waals surface area contributed by atoms with E-state index in [1.807, 2.05) is 16.7 Å². The fraction of sp³-hybridized carbons (Fsp3) is 0.556. The van der Waals surface area contributed by atoms with E-state index in [9.17, 15) is 4.79 Å². The molecule has 0 aromatic heterocycles. The lowest BCUT2D eigenvalue weighted by molar-refractivity contribution is 0.0287. The van der Waals surface area contributed by atoms with Crippen molar-refractivity contribution in [3.8, 4) is 6.07 Å². The fourth-order valence-corrected chi connectivity index (χ4v) is 4.94. The molecule has 1 aromatic carbocycles. The van der Waals surface area contributed by atoms with E-state index in [1.54, 1.807) is 24.3 Å². The molecule has 3 aliphatic rings.